The minimum absolute atomic E-state index is 0.250. The molecule has 0 aliphatic carbocycles. The van der Waals surface area contributed by atoms with Crippen LogP contribution in [0, 0.1) is 0 Å². The summed E-state index contributed by atoms with van der Waals surface area (Å²) in [5, 5.41) is 46.5. The van der Waals surface area contributed by atoms with E-state index in [4.69, 9.17) is 14.6 Å². The van der Waals surface area contributed by atoms with Gasteiger partial charge in [-0.3, -0.25) is 4.79 Å². The van der Waals surface area contributed by atoms with Crippen LogP contribution < -0.4 is 0 Å². The van der Waals surface area contributed by atoms with Gasteiger partial charge in [-0.2, -0.15) is 0 Å². The van der Waals surface area contributed by atoms with Crippen LogP contribution in [0.1, 0.15) is 78.1 Å². The molecule has 5 N–H and O–H groups in total. The van der Waals surface area contributed by atoms with Crippen LogP contribution in [-0.2, 0) is 14.3 Å². The van der Waals surface area contributed by atoms with Crippen LogP contribution in [0.3, 0.4) is 0 Å². The van der Waals surface area contributed by atoms with E-state index in [1.54, 1.807) is 0 Å². The van der Waals surface area contributed by atoms with Gasteiger partial charge in [-0.05, 0) is 13.3 Å². The Labute approximate surface area is 174 Å². The fourth-order valence-corrected chi connectivity index (χ4v) is 2.59. The number of aliphatic hydroxyl groups is 5. The lowest BCUT2D eigenvalue weighted by molar-refractivity contribution is -0.156. The number of rotatable bonds is 16. The molecule has 0 amide bonds. The summed E-state index contributed by atoms with van der Waals surface area (Å²) < 4.78 is 9.56. The predicted octanol–water partition coefficient (Wildman–Crippen LogP) is 1.29. The molecule has 0 bridgehead atoms. The molecule has 1 unspecified atom stereocenters. The van der Waals surface area contributed by atoms with Gasteiger partial charge in [0, 0.05) is 6.42 Å². The highest BCUT2D eigenvalue weighted by Crippen LogP contribution is 2.11. The van der Waals surface area contributed by atoms with Gasteiger partial charge in [0.25, 0.3) is 0 Å². The SMILES string of the molecule is CC1CO1.CCCCCCCCCCCC(=O)OC[C@H](O)[C@@H](O)[C@H](O)[C@H](O)CO. The third kappa shape index (κ3) is 16.7. The van der Waals surface area contributed by atoms with E-state index in [-0.39, 0.29) is 6.42 Å². The lowest BCUT2D eigenvalue weighted by atomic mass is 10.0. The minimum atomic E-state index is -1.71. The van der Waals surface area contributed by atoms with E-state index in [1.807, 2.05) is 0 Å². The van der Waals surface area contributed by atoms with Crippen LogP contribution in [0.5, 0.6) is 0 Å². The van der Waals surface area contributed by atoms with Crippen LogP contribution in [0.15, 0.2) is 0 Å². The van der Waals surface area contributed by atoms with E-state index in [2.05, 4.69) is 13.8 Å². The first kappa shape index (κ1) is 28.2. The summed E-state index contributed by atoms with van der Waals surface area (Å²) in [6.45, 7) is 4.02. The van der Waals surface area contributed by atoms with Crippen LogP contribution >= 0.6 is 0 Å². The van der Waals surface area contributed by atoms with Crippen molar-refractivity contribution in [2.45, 2.75) is 109 Å². The van der Waals surface area contributed by atoms with E-state index >= 15 is 0 Å². The van der Waals surface area contributed by atoms with Gasteiger partial charge in [-0.1, -0.05) is 58.3 Å². The molecule has 174 valence electrons. The molecule has 1 heterocycles. The van der Waals surface area contributed by atoms with Crippen molar-refractivity contribution in [3.63, 3.8) is 0 Å². The topological polar surface area (TPSA) is 140 Å². The molecule has 0 aromatic rings. The maximum atomic E-state index is 11.6. The maximum absolute atomic E-state index is 11.6. The lowest BCUT2D eigenvalue weighted by Crippen LogP contribution is -2.47. The predicted molar refractivity (Wildman–Crippen MR) is 109 cm³/mol. The number of carbonyl (C=O) groups excluding carboxylic acids is 1. The number of ether oxygens (including phenoxy) is 2. The molecule has 29 heavy (non-hydrogen) atoms. The average molecular weight is 423 g/mol. The van der Waals surface area contributed by atoms with Gasteiger partial charge in [0.15, 0.2) is 0 Å². The monoisotopic (exact) mass is 422 g/mol. The van der Waals surface area contributed by atoms with Gasteiger partial charge in [-0.15, -0.1) is 0 Å². The maximum Gasteiger partial charge on any atom is 0.305 e. The van der Waals surface area contributed by atoms with Gasteiger partial charge in [-0.25, -0.2) is 0 Å². The molecule has 0 saturated carbocycles. The zero-order chi connectivity index (χ0) is 22.1. The molecule has 5 atom stereocenters. The Hall–Kier alpha value is -0.770. The highest BCUT2D eigenvalue weighted by molar-refractivity contribution is 5.69. The summed E-state index contributed by atoms with van der Waals surface area (Å²) in [5.41, 5.74) is 0. The van der Waals surface area contributed by atoms with Gasteiger partial charge in [0.05, 0.1) is 19.3 Å². The molecule has 1 saturated heterocycles. The van der Waals surface area contributed by atoms with Crippen molar-refractivity contribution in [2.24, 2.45) is 0 Å². The Balaban J connectivity index is 0.00000172. The number of hydrogen-bond donors (Lipinski definition) is 5. The Morgan fingerprint density at radius 1 is 0.931 bits per heavy atom. The summed E-state index contributed by atoms with van der Waals surface area (Å²) in [4.78, 5) is 11.6. The summed E-state index contributed by atoms with van der Waals surface area (Å²) in [6, 6.07) is 0. The molecule has 1 aliphatic rings. The molecule has 0 radical (unpaired) electrons. The number of carbonyl (C=O) groups is 1. The highest BCUT2D eigenvalue weighted by Gasteiger charge is 2.30. The van der Waals surface area contributed by atoms with Crippen LogP contribution in [0.25, 0.3) is 0 Å². The smallest absolute Gasteiger partial charge is 0.305 e. The van der Waals surface area contributed by atoms with Crippen LogP contribution in [-0.4, -0.2) is 81.8 Å². The fraction of sp³-hybridized carbons (Fsp3) is 0.952. The van der Waals surface area contributed by atoms with E-state index in [1.165, 1.54) is 38.5 Å². The number of esters is 1. The standard InChI is InChI=1S/C18H36O7.C3H6O/c1-2-3-4-5-6-7-8-9-10-11-16(22)25-13-15(21)18(24)17(23)14(20)12-19;1-3-2-4-3/h14-15,17-21,23-24H,2-13H2,1H3;3H,2H2,1H3/t14-,15+,17-,18-;/m1./s1. The molecular weight excluding hydrogens is 380 g/mol. The number of unbranched alkanes of at least 4 members (excludes halogenated alkanes) is 8. The lowest BCUT2D eigenvalue weighted by Gasteiger charge is -2.25. The Morgan fingerprint density at radius 3 is 1.83 bits per heavy atom. The fourth-order valence-electron chi connectivity index (χ4n) is 2.59. The summed E-state index contributed by atoms with van der Waals surface area (Å²) in [7, 11) is 0. The summed E-state index contributed by atoms with van der Waals surface area (Å²) >= 11 is 0. The second-order valence-electron chi connectivity index (χ2n) is 7.70. The Morgan fingerprint density at radius 2 is 1.38 bits per heavy atom. The largest absolute Gasteiger partial charge is 0.463 e. The van der Waals surface area contributed by atoms with Gasteiger partial charge in [0.2, 0.25) is 0 Å². The normalized spacial score (nSPS) is 19.5. The second kappa shape index (κ2) is 18.0. The quantitative estimate of drug-likeness (QED) is 0.142. The zero-order valence-electron chi connectivity index (χ0n) is 18.0. The van der Waals surface area contributed by atoms with Crippen molar-refractivity contribution >= 4 is 5.97 Å². The molecule has 8 nitrogen and oxygen atoms in total. The molecule has 1 aliphatic heterocycles. The third-order valence-electron chi connectivity index (χ3n) is 4.72. The van der Waals surface area contributed by atoms with Crippen molar-refractivity contribution in [2.75, 3.05) is 19.8 Å². The van der Waals surface area contributed by atoms with Gasteiger partial charge < -0.3 is 35.0 Å². The Kier molecular flexibility index (Phi) is 17.6. The first-order valence-electron chi connectivity index (χ1n) is 10.9. The van der Waals surface area contributed by atoms with Crippen molar-refractivity contribution in [3.8, 4) is 0 Å². The van der Waals surface area contributed by atoms with E-state index < -0.39 is 43.6 Å². The molecule has 0 aromatic carbocycles. The Bertz CT molecular complexity index is 389. The van der Waals surface area contributed by atoms with E-state index in [0.29, 0.717) is 6.10 Å². The van der Waals surface area contributed by atoms with Crippen molar-refractivity contribution < 1.29 is 39.8 Å². The third-order valence-corrected chi connectivity index (χ3v) is 4.72. The van der Waals surface area contributed by atoms with Crippen molar-refractivity contribution in [1.29, 1.82) is 0 Å². The molecule has 1 fully saturated rings. The first-order valence-corrected chi connectivity index (χ1v) is 10.9. The number of aliphatic hydroxyl groups excluding tert-OH is 5. The van der Waals surface area contributed by atoms with E-state index in [9.17, 15) is 25.2 Å². The summed E-state index contributed by atoms with van der Waals surface area (Å²) in [5.74, 6) is -0.466. The van der Waals surface area contributed by atoms with Crippen molar-refractivity contribution in [1.82, 2.24) is 0 Å². The molecule has 8 heteroatoms. The zero-order valence-corrected chi connectivity index (χ0v) is 18.0. The molecule has 0 spiro atoms. The molecule has 0 aromatic heterocycles. The number of epoxide rings is 1. The highest BCUT2D eigenvalue weighted by atomic mass is 16.6. The van der Waals surface area contributed by atoms with Crippen LogP contribution in [0.4, 0.5) is 0 Å². The summed E-state index contributed by atoms with van der Waals surface area (Å²) in [6.07, 6.45) is 4.60. The second-order valence-corrected chi connectivity index (χ2v) is 7.70. The molecular formula is C21H42O8. The van der Waals surface area contributed by atoms with Gasteiger partial charge in [0.1, 0.15) is 31.0 Å². The van der Waals surface area contributed by atoms with E-state index in [0.717, 1.165) is 25.9 Å². The minimum Gasteiger partial charge on any atom is -0.463 e. The molecule has 1 rings (SSSR count). The number of hydrogen-bond acceptors (Lipinski definition) is 8. The first-order chi connectivity index (χ1) is 13.8. The van der Waals surface area contributed by atoms with Crippen molar-refractivity contribution in [3.05, 3.63) is 0 Å². The van der Waals surface area contributed by atoms with Gasteiger partial charge >= 0.3 is 5.97 Å². The van der Waals surface area contributed by atoms with Crippen LogP contribution in [0.2, 0.25) is 0 Å². The average Bonchev–Trinajstić information content (AvgIpc) is 3.51.